The number of alkyl halides is 1. The molecule has 1 rings (SSSR count). The maximum atomic E-state index is 5.64. The summed E-state index contributed by atoms with van der Waals surface area (Å²) in [4.78, 5) is 0. The van der Waals surface area contributed by atoms with Crippen molar-refractivity contribution in [3.8, 4) is 0 Å². The highest BCUT2D eigenvalue weighted by Gasteiger charge is 2.21. The molecule has 0 aromatic heterocycles. The zero-order valence-corrected chi connectivity index (χ0v) is 11.5. The number of benzene rings is 1. The first-order valence-electron chi connectivity index (χ1n) is 5.09. The van der Waals surface area contributed by atoms with E-state index < -0.39 is 0 Å². The summed E-state index contributed by atoms with van der Waals surface area (Å²) in [6, 6.07) is 8.35. The first kappa shape index (κ1) is 13.0. The van der Waals surface area contributed by atoms with Gasteiger partial charge in [0.1, 0.15) is 0 Å². The van der Waals surface area contributed by atoms with Crippen LogP contribution in [-0.4, -0.2) is 19.0 Å². The molecule has 1 N–H and O–H groups in total. The summed E-state index contributed by atoms with van der Waals surface area (Å²) in [5.41, 5.74) is 1.44. The van der Waals surface area contributed by atoms with E-state index in [9.17, 15) is 0 Å². The average molecular weight is 291 g/mol. The van der Waals surface area contributed by atoms with Gasteiger partial charge < -0.3 is 5.32 Å². The number of hydrogen-bond acceptors (Lipinski definition) is 1. The molecule has 1 aromatic carbocycles. The Morgan fingerprint density at radius 2 is 2.00 bits per heavy atom. The summed E-state index contributed by atoms with van der Waals surface area (Å²) in [5.74, 6) is 0.659. The summed E-state index contributed by atoms with van der Waals surface area (Å²) in [6.07, 6.45) is 0. The number of rotatable bonds is 5. The van der Waals surface area contributed by atoms with E-state index in [2.05, 4.69) is 53.3 Å². The third kappa shape index (κ3) is 3.78. The summed E-state index contributed by atoms with van der Waals surface area (Å²) in [6.45, 7) is 6.25. The lowest BCUT2D eigenvalue weighted by Crippen LogP contribution is -2.34. The Labute approximate surface area is 105 Å². The van der Waals surface area contributed by atoms with Crippen molar-refractivity contribution >= 4 is 27.5 Å². The molecule has 0 radical (unpaired) electrons. The Morgan fingerprint density at radius 3 is 2.60 bits per heavy atom. The summed E-state index contributed by atoms with van der Waals surface area (Å²) in [7, 11) is 0. The smallest absolute Gasteiger partial charge is 0.0348 e. The Hall–Kier alpha value is -0.0500. The third-order valence-corrected chi connectivity index (χ3v) is 3.32. The van der Waals surface area contributed by atoms with Gasteiger partial charge in [-0.3, -0.25) is 0 Å². The molecule has 0 heterocycles. The lowest BCUT2D eigenvalue weighted by atomic mass is 9.84. The van der Waals surface area contributed by atoms with Crippen LogP contribution in [0.2, 0.25) is 0 Å². The Bertz CT molecular complexity index is 312. The molecule has 0 unspecified atom stereocenters. The van der Waals surface area contributed by atoms with E-state index in [1.807, 2.05) is 6.07 Å². The van der Waals surface area contributed by atoms with Crippen molar-refractivity contribution in [3.63, 3.8) is 0 Å². The van der Waals surface area contributed by atoms with Crippen LogP contribution in [0.3, 0.4) is 0 Å². The van der Waals surface area contributed by atoms with Gasteiger partial charge in [-0.2, -0.15) is 0 Å². The van der Waals surface area contributed by atoms with Crippen LogP contribution in [0.1, 0.15) is 19.4 Å². The van der Waals surface area contributed by atoms with E-state index in [-0.39, 0.29) is 5.41 Å². The first-order valence-corrected chi connectivity index (χ1v) is 6.42. The predicted molar refractivity (Wildman–Crippen MR) is 70.8 cm³/mol. The minimum Gasteiger partial charge on any atom is -0.315 e. The van der Waals surface area contributed by atoms with Crippen molar-refractivity contribution < 1.29 is 0 Å². The SMILES string of the molecule is CC(C)(CNCCCl)c1ccccc1Br. The van der Waals surface area contributed by atoms with Crippen molar-refractivity contribution in [3.05, 3.63) is 34.3 Å². The topological polar surface area (TPSA) is 12.0 Å². The van der Waals surface area contributed by atoms with Crippen LogP contribution in [0.25, 0.3) is 0 Å². The molecule has 0 aliphatic heterocycles. The van der Waals surface area contributed by atoms with Crippen LogP contribution in [0.5, 0.6) is 0 Å². The molecule has 0 atom stereocenters. The Morgan fingerprint density at radius 1 is 1.33 bits per heavy atom. The molecule has 0 aliphatic carbocycles. The second-order valence-electron chi connectivity index (χ2n) is 4.23. The molecule has 0 bridgehead atoms. The quantitative estimate of drug-likeness (QED) is 0.646. The number of halogens is 2. The van der Waals surface area contributed by atoms with Crippen molar-refractivity contribution in [1.82, 2.24) is 5.32 Å². The average Bonchev–Trinajstić information content (AvgIpc) is 2.18. The van der Waals surface area contributed by atoms with E-state index >= 15 is 0 Å². The zero-order valence-electron chi connectivity index (χ0n) is 9.19. The van der Waals surface area contributed by atoms with E-state index in [4.69, 9.17) is 11.6 Å². The maximum absolute atomic E-state index is 5.64. The molecule has 0 saturated heterocycles. The van der Waals surface area contributed by atoms with Crippen LogP contribution < -0.4 is 5.32 Å². The van der Waals surface area contributed by atoms with Crippen molar-refractivity contribution in [2.75, 3.05) is 19.0 Å². The van der Waals surface area contributed by atoms with E-state index in [1.165, 1.54) is 10.0 Å². The summed E-state index contributed by atoms with van der Waals surface area (Å²) in [5, 5.41) is 3.35. The van der Waals surface area contributed by atoms with Gasteiger partial charge >= 0.3 is 0 Å². The van der Waals surface area contributed by atoms with Crippen LogP contribution in [-0.2, 0) is 5.41 Å². The van der Waals surface area contributed by atoms with Crippen LogP contribution >= 0.6 is 27.5 Å². The van der Waals surface area contributed by atoms with Crippen molar-refractivity contribution in [1.29, 1.82) is 0 Å². The highest BCUT2D eigenvalue weighted by molar-refractivity contribution is 9.10. The van der Waals surface area contributed by atoms with Gasteiger partial charge in [0.25, 0.3) is 0 Å². The predicted octanol–water partition coefficient (Wildman–Crippen LogP) is 3.56. The molecule has 0 saturated carbocycles. The molecule has 0 amide bonds. The largest absolute Gasteiger partial charge is 0.315 e. The first-order chi connectivity index (χ1) is 7.08. The van der Waals surface area contributed by atoms with Crippen molar-refractivity contribution in [2.24, 2.45) is 0 Å². The zero-order chi connectivity index (χ0) is 11.3. The van der Waals surface area contributed by atoms with Gasteiger partial charge in [0.15, 0.2) is 0 Å². The maximum Gasteiger partial charge on any atom is 0.0348 e. The van der Waals surface area contributed by atoms with Gasteiger partial charge in [-0.25, -0.2) is 0 Å². The van der Waals surface area contributed by atoms with Crippen molar-refractivity contribution in [2.45, 2.75) is 19.3 Å². The standard InChI is InChI=1S/C12H17BrClN/c1-12(2,9-15-8-7-14)10-5-3-4-6-11(10)13/h3-6,15H,7-9H2,1-2H3. The van der Waals surface area contributed by atoms with Crippen LogP contribution in [0, 0.1) is 0 Å². The second-order valence-corrected chi connectivity index (χ2v) is 5.46. The molecule has 3 heteroatoms. The lowest BCUT2D eigenvalue weighted by Gasteiger charge is -2.26. The number of hydrogen-bond donors (Lipinski definition) is 1. The summed E-state index contributed by atoms with van der Waals surface area (Å²) < 4.78 is 1.17. The van der Waals surface area contributed by atoms with E-state index in [0.29, 0.717) is 5.88 Å². The molecule has 0 spiro atoms. The van der Waals surface area contributed by atoms with Gasteiger partial charge in [0, 0.05) is 28.9 Å². The van der Waals surface area contributed by atoms with Crippen LogP contribution in [0.4, 0.5) is 0 Å². The fourth-order valence-corrected chi connectivity index (χ4v) is 2.53. The lowest BCUT2D eigenvalue weighted by molar-refractivity contribution is 0.476. The monoisotopic (exact) mass is 289 g/mol. The van der Waals surface area contributed by atoms with E-state index in [1.54, 1.807) is 0 Å². The second kappa shape index (κ2) is 5.88. The fraction of sp³-hybridized carbons (Fsp3) is 0.500. The molecule has 1 aromatic rings. The molecular weight excluding hydrogens is 273 g/mol. The van der Waals surface area contributed by atoms with Gasteiger partial charge in [-0.05, 0) is 11.6 Å². The minimum atomic E-state index is 0.117. The van der Waals surface area contributed by atoms with Gasteiger partial charge in [0.2, 0.25) is 0 Å². The van der Waals surface area contributed by atoms with Gasteiger partial charge in [-0.15, -0.1) is 11.6 Å². The fourth-order valence-electron chi connectivity index (χ4n) is 1.57. The van der Waals surface area contributed by atoms with Crippen LogP contribution in [0.15, 0.2) is 28.7 Å². The molecule has 1 nitrogen and oxygen atoms in total. The molecule has 84 valence electrons. The highest BCUT2D eigenvalue weighted by atomic mass is 79.9. The molecule has 0 fully saturated rings. The minimum absolute atomic E-state index is 0.117. The molecular formula is C12H17BrClN. The molecule has 0 aliphatic rings. The third-order valence-electron chi connectivity index (χ3n) is 2.44. The Balaban J connectivity index is 2.72. The normalized spacial score (nSPS) is 11.7. The number of nitrogens with one attached hydrogen (secondary N) is 1. The molecule has 15 heavy (non-hydrogen) atoms. The van der Waals surface area contributed by atoms with Gasteiger partial charge in [-0.1, -0.05) is 48.0 Å². The Kier molecular flexibility index (Phi) is 5.10. The summed E-state index contributed by atoms with van der Waals surface area (Å²) >= 11 is 9.22. The van der Waals surface area contributed by atoms with E-state index in [0.717, 1.165) is 13.1 Å². The highest BCUT2D eigenvalue weighted by Crippen LogP contribution is 2.29. The van der Waals surface area contributed by atoms with Gasteiger partial charge in [0.05, 0.1) is 0 Å².